The van der Waals surface area contributed by atoms with Gasteiger partial charge in [0.1, 0.15) is 6.61 Å². The number of benzene rings is 1. The van der Waals surface area contributed by atoms with Crippen molar-refractivity contribution in [3.05, 3.63) is 53.0 Å². The lowest BCUT2D eigenvalue weighted by atomic mass is 10.2. The number of hydrogen-bond acceptors (Lipinski definition) is 1. The van der Waals surface area contributed by atoms with Crippen molar-refractivity contribution >= 4 is 22.0 Å². The monoisotopic (exact) mass is 256 g/mol. The predicted octanol–water partition coefficient (Wildman–Crippen LogP) is 3.88. The van der Waals surface area contributed by atoms with E-state index in [1.807, 2.05) is 36.4 Å². The smallest absolute Gasteiger partial charge is 0.280 e. The highest BCUT2D eigenvalue weighted by molar-refractivity contribution is 9.11. The second-order valence-corrected chi connectivity index (χ2v) is 3.00. The van der Waals surface area contributed by atoms with Crippen LogP contribution in [0.15, 0.2) is 47.4 Å². The average molecular weight is 257 g/mol. The van der Waals surface area contributed by atoms with E-state index in [4.69, 9.17) is 0 Å². The van der Waals surface area contributed by atoms with E-state index in [1.165, 1.54) is 0 Å². The fraction of sp³-hybridized carbons (Fsp3) is 0.0909. The molecule has 0 amide bonds. The van der Waals surface area contributed by atoms with Gasteiger partial charge in [-0.1, -0.05) is 52.3 Å². The Labute approximate surface area is 91.0 Å². The summed E-state index contributed by atoms with van der Waals surface area (Å²) in [5, 5.41) is 0. The molecule has 1 aromatic rings. The maximum atomic E-state index is 12.4. The molecular formula is C11H10BrFO. The van der Waals surface area contributed by atoms with E-state index >= 15 is 0 Å². The fourth-order valence-electron chi connectivity index (χ4n) is 0.908. The van der Waals surface area contributed by atoms with Crippen molar-refractivity contribution in [2.45, 2.75) is 0 Å². The van der Waals surface area contributed by atoms with E-state index in [-0.39, 0.29) is 6.61 Å². The fourth-order valence-corrected chi connectivity index (χ4v) is 1.04. The molecule has 14 heavy (non-hydrogen) atoms. The molecule has 0 aliphatic rings. The summed E-state index contributed by atoms with van der Waals surface area (Å²) in [6.45, 7) is 0.225. The van der Waals surface area contributed by atoms with Crippen molar-refractivity contribution in [1.82, 2.24) is 0 Å². The summed E-state index contributed by atoms with van der Waals surface area (Å²) in [7, 11) is 0. The summed E-state index contributed by atoms with van der Waals surface area (Å²) in [6.07, 6.45) is 3.63. The SMILES string of the molecule is F/C(=C\Br)OC/C=C/c1ccccc1. The summed E-state index contributed by atoms with van der Waals surface area (Å²) in [6, 6.07) is 9.14. The van der Waals surface area contributed by atoms with Crippen LogP contribution in [0.25, 0.3) is 6.08 Å². The van der Waals surface area contributed by atoms with Crippen molar-refractivity contribution in [3.8, 4) is 0 Å². The van der Waals surface area contributed by atoms with Crippen LogP contribution in [0.2, 0.25) is 0 Å². The Morgan fingerprint density at radius 1 is 1.36 bits per heavy atom. The quantitative estimate of drug-likeness (QED) is 0.744. The summed E-state index contributed by atoms with van der Waals surface area (Å²) >= 11 is 2.83. The van der Waals surface area contributed by atoms with Gasteiger partial charge in [-0.05, 0) is 11.6 Å². The molecule has 0 atom stereocenters. The van der Waals surface area contributed by atoms with E-state index in [1.54, 1.807) is 6.08 Å². The number of halogens is 2. The Balaban J connectivity index is 2.35. The minimum absolute atomic E-state index is 0.225. The highest BCUT2D eigenvalue weighted by Crippen LogP contribution is 2.04. The molecule has 0 bridgehead atoms. The number of rotatable bonds is 4. The summed E-state index contributed by atoms with van der Waals surface area (Å²) in [5.41, 5.74) is 1.07. The molecular weight excluding hydrogens is 247 g/mol. The molecule has 1 nitrogen and oxygen atoms in total. The van der Waals surface area contributed by atoms with Crippen LogP contribution in [-0.2, 0) is 4.74 Å². The molecule has 0 radical (unpaired) electrons. The van der Waals surface area contributed by atoms with Crippen LogP contribution >= 0.6 is 15.9 Å². The van der Waals surface area contributed by atoms with Gasteiger partial charge in [0.2, 0.25) is 0 Å². The van der Waals surface area contributed by atoms with E-state index in [2.05, 4.69) is 20.7 Å². The lowest BCUT2D eigenvalue weighted by Crippen LogP contribution is -1.85. The van der Waals surface area contributed by atoms with Gasteiger partial charge in [-0.15, -0.1) is 0 Å². The van der Waals surface area contributed by atoms with Crippen LogP contribution in [0.3, 0.4) is 0 Å². The largest absolute Gasteiger partial charge is 0.466 e. The van der Waals surface area contributed by atoms with Crippen molar-refractivity contribution < 1.29 is 9.13 Å². The molecule has 0 N–H and O–H groups in total. The topological polar surface area (TPSA) is 9.23 Å². The molecule has 0 saturated carbocycles. The summed E-state index contributed by atoms with van der Waals surface area (Å²) in [4.78, 5) is 1.10. The van der Waals surface area contributed by atoms with Crippen LogP contribution in [0.4, 0.5) is 4.39 Å². The third-order valence-electron chi connectivity index (χ3n) is 1.51. The van der Waals surface area contributed by atoms with Crippen LogP contribution < -0.4 is 0 Å². The maximum absolute atomic E-state index is 12.4. The Hall–Kier alpha value is -1.09. The summed E-state index contributed by atoms with van der Waals surface area (Å²) < 4.78 is 17.1. The van der Waals surface area contributed by atoms with Crippen LogP contribution in [0, 0.1) is 0 Å². The zero-order chi connectivity index (χ0) is 10.2. The Bertz CT molecular complexity index is 319. The Kier molecular flexibility index (Phi) is 5.00. The normalized spacial score (nSPS) is 12.0. The first-order valence-electron chi connectivity index (χ1n) is 4.13. The van der Waals surface area contributed by atoms with Gasteiger partial charge in [0.25, 0.3) is 6.01 Å². The Morgan fingerprint density at radius 2 is 2.07 bits per heavy atom. The van der Waals surface area contributed by atoms with Gasteiger partial charge in [-0.3, -0.25) is 0 Å². The third-order valence-corrected chi connectivity index (χ3v) is 1.87. The van der Waals surface area contributed by atoms with Crippen molar-refractivity contribution in [3.63, 3.8) is 0 Å². The first kappa shape index (κ1) is 11.0. The van der Waals surface area contributed by atoms with E-state index in [0.29, 0.717) is 0 Å². The zero-order valence-electron chi connectivity index (χ0n) is 7.49. The van der Waals surface area contributed by atoms with Gasteiger partial charge in [0.15, 0.2) is 0 Å². The highest BCUT2D eigenvalue weighted by Gasteiger charge is 1.89. The highest BCUT2D eigenvalue weighted by atomic mass is 79.9. The lowest BCUT2D eigenvalue weighted by molar-refractivity contribution is 0.173. The second kappa shape index (κ2) is 6.38. The van der Waals surface area contributed by atoms with E-state index in [0.717, 1.165) is 10.5 Å². The average Bonchev–Trinajstić information content (AvgIpc) is 2.25. The maximum Gasteiger partial charge on any atom is 0.280 e. The minimum atomic E-state index is -0.622. The molecule has 0 saturated heterocycles. The van der Waals surface area contributed by atoms with Gasteiger partial charge in [0.05, 0.1) is 4.99 Å². The molecule has 0 fully saturated rings. The first-order valence-corrected chi connectivity index (χ1v) is 5.05. The minimum Gasteiger partial charge on any atom is -0.466 e. The second-order valence-electron chi connectivity index (χ2n) is 2.54. The van der Waals surface area contributed by atoms with Crippen LogP contribution in [0.5, 0.6) is 0 Å². The molecule has 0 spiro atoms. The molecule has 0 aliphatic carbocycles. The molecule has 0 heterocycles. The van der Waals surface area contributed by atoms with Gasteiger partial charge in [-0.2, -0.15) is 4.39 Å². The third kappa shape index (κ3) is 4.23. The lowest BCUT2D eigenvalue weighted by Gasteiger charge is -1.96. The molecule has 1 aromatic carbocycles. The van der Waals surface area contributed by atoms with Crippen molar-refractivity contribution in [2.24, 2.45) is 0 Å². The molecule has 1 rings (SSSR count). The molecule has 74 valence electrons. The summed E-state index contributed by atoms with van der Waals surface area (Å²) in [5.74, 6) is 0. The zero-order valence-corrected chi connectivity index (χ0v) is 9.08. The van der Waals surface area contributed by atoms with Gasteiger partial charge >= 0.3 is 0 Å². The van der Waals surface area contributed by atoms with Crippen LogP contribution in [-0.4, -0.2) is 6.61 Å². The Morgan fingerprint density at radius 3 is 2.71 bits per heavy atom. The van der Waals surface area contributed by atoms with Gasteiger partial charge in [0, 0.05) is 0 Å². The van der Waals surface area contributed by atoms with E-state index in [9.17, 15) is 4.39 Å². The van der Waals surface area contributed by atoms with Crippen LogP contribution in [0.1, 0.15) is 5.56 Å². The van der Waals surface area contributed by atoms with E-state index < -0.39 is 6.01 Å². The molecule has 0 aromatic heterocycles. The first-order chi connectivity index (χ1) is 6.83. The number of ether oxygens (including phenoxy) is 1. The van der Waals surface area contributed by atoms with Crippen molar-refractivity contribution in [1.29, 1.82) is 0 Å². The predicted molar refractivity (Wildman–Crippen MR) is 59.5 cm³/mol. The molecule has 0 aliphatic heterocycles. The van der Waals surface area contributed by atoms with Gasteiger partial charge < -0.3 is 4.74 Å². The van der Waals surface area contributed by atoms with Crippen molar-refractivity contribution in [2.75, 3.05) is 6.61 Å². The number of hydrogen-bond donors (Lipinski definition) is 0. The van der Waals surface area contributed by atoms with Gasteiger partial charge in [-0.25, -0.2) is 0 Å². The molecule has 3 heteroatoms. The molecule has 0 unspecified atom stereocenters. The standard InChI is InChI=1S/C11H10BrFO/c12-9-11(13)14-8-4-7-10-5-2-1-3-6-10/h1-7,9H,8H2/b7-4+,11-9+.